The van der Waals surface area contributed by atoms with Crippen molar-refractivity contribution in [3.8, 4) is 0 Å². The topological polar surface area (TPSA) is 62.2 Å². The second kappa shape index (κ2) is 4.65. The third-order valence-electron chi connectivity index (χ3n) is 2.35. The predicted molar refractivity (Wildman–Crippen MR) is 65.7 cm³/mol. The molecule has 0 atom stereocenters. The summed E-state index contributed by atoms with van der Waals surface area (Å²) in [5.41, 5.74) is 1.60. The summed E-state index contributed by atoms with van der Waals surface area (Å²) in [4.78, 5) is 15.0. The SMILES string of the molecule is Cc1ccc(Nc2ccccc2)nc1C(=O)O. The number of nitrogens with zero attached hydrogens (tertiary/aromatic N) is 1. The Hall–Kier alpha value is -2.36. The largest absolute Gasteiger partial charge is 0.477 e. The van der Waals surface area contributed by atoms with E-state index in [0.717, 1.165) is 5.69 Å². The van der Waals surface area contributed by atoms with Crippen LogP contribution in [0.2, 0.25) is 0 Å². The van der Waals surface area contributed by atoms with E-state index in [4.69, 9.17) is 5.11 Å². The number of pyridine rings is 1. The van der Waals surface area contributed by atoms with Gasteiger partial charge in [-0.15, -0.1) is 0 Å². The average molecular weight is 228 g/mol. The normalized spacial score (nSPS) is 9.94. The summed E-state index contributed by atoms with van der Waals surface area (Å²) in [6.07, 6.45) is 0. The van der Waals surface area contributed by atoms with Gasteiger partial charge in [-0.25, -0.2) is 9.78 Å². The van der Waals surface area contributed by atoms with Gasteiger partial charge in [0.05, 0.1) is 0 Å². The Morgan fingerprint density at radius 2 is 1.88 bits per heavy atom. The van der Waals surface area contributed by atoms with E-state index in [0.29, 0.717) is 11.4 Å². The molecule has 0 aliphatic rings. The second-order valence-corrected chi connectivity index (χ2v) is 3.66. The first kappa shape index (κ1) is 11.1. The predicted octanol–water partition coefficient (Wildman–Crippen LogP) is 2.83. The third kappa shape index (κ3) is 2.60. The van der Waals surface area contributed by atoms with Crippen molar-refractivity contribution in [3.63, 3.8) is 0 Å². The molecule has 86 valence electrons. The molecule has 17 heavy (non-hydrogen) atoms. The fourth-order valence-corrected chi connectivity index (χ4v) is 1.48. The van der Waals surface area contributed by atoms with E-state index in [1.165, 1.54) is 0 Å². The molecule has 0 amide bonds. The average Bonchev–Trinajstić information content (AvgIpc) is 2.32. The highest BCUT2D eigenvalue weighted by molar-refractivity contribution is 5.87. The van der Waals surface area contributed by atoms with Crippen LogP contribution < -0.4 is 5.32 Å². The summed E-state index contributed by atoms with van der Waals surface area (Å²) in [5, 5.41) is 12.0. The van der Waals surface area contributed by atoms with Gasteiger partial charge in [-0.3, -0.25) is 0 Å². The van der Waals surface area contributed by atoms with Gasteiger partial charge >= 0.3 is 5.97 Å². The quantitative estimate of drug-likeness (QED) is 0.847. The summed E-state index contributed by atoms with van der Waals surface area (Å²) in [6.45, 7) is 1.72. The number of rotatable bonds is 3. The highest BCUT2D eigenvalue weighted by Gasteiger charge is 2.09. The molecule has 4 heteroatoms. The van der Waals surface area contributed by atoms with Crippen molar-refractivity contribution in [1.82, 2.24) is 4.98 Å². The van der Waals surface area contributed by atoms with Crippen LogP contribution >= 0.6 is 0 Å². The van der Waals surface area contributed by atoms with Gasteiger partial charge in [0.2, 0.25) is 0 Å². The summed E-state index contributed by atoms with van der Waals surface area (Å²) < 4.78 is 0. The molecule has 0 bridgehead atoms. The first-order valence-electron chi connectivity index (χ1n) is 5.20. The molecule has 0 radical (unpaired) electrons. The van der Waals surface area contributed by atoms with E-state index in [1.54, 1.807) is 19.1 Å². The Labute approximate surface area is 98.9 Å². The number of aromatic nitrogens is 1. The number of carbonyl (C=O) groups is 1. The number of hydrogen-bond donors (Lipinski definition) is 2. The van der Waals surface area contributed by atoms with Crippen molar-refractivity contribution in [2.24, 2.45) is 0 Å². The first-order chi connectivity index (χ1) is 8.16. The maximum atomic E-state index is 10.9. The number of anilines is 2. The summed E-state index contributed by atoms with van der Waals surface area (Å²) >= 11 is 0. The van der Waals surface area contributed by atoms with E-state index in [9.17, 15) is 4.79 Å². The Morgan fingerprint density at radius 3 is 2.53 bits per heavy atom. The molecule has 0 saturated heterocycles. The smallest absolute Gasteiger partial charge is 0.354 e. The van der Waals surface area contributed by atoms with Gasteiger partial charge in [0, 0.05) is 5.69 Å². The van der Waals surface area contributed by atoms with Crippen LogP contribution in [-0.4, -0.2) is 16.1 Å². The van der Waals surface area contributed by atoms with Crippen molar-refractivity contribution < 1.29 is 9.90 Å². The lowest BCUT2D eigenvalue weighted by Crippen LogP contribution is -2.05. The molecular formula is C13H12N2O2. The van der Waals surface area contributed by atoms with Crippen LogP contribution in [0.25, 0.3) is 0 Å². The van der Waals surface area contributed by atoms with E-state index < -0.39 is 5.97 Å². The monoisotopic (exact) mass is 228 g/mol. The Morgan fingerprint density at radius 1 is 1.18 bits per heavy atom. The molecule has 0 saturated carbocycles. The first-order valence-corrected chi connectivity index (χ1v) is 5.20. The van der Waals surface area contributed by atoms with Gasteiger partial charge in [0.1, 0.15) is 5.82 Å². The summed E-state index contributed by atoms with van der Waals surface area (Å²) in [5.74, 6) is -0.488. The van der Waals surface area contributed by atoms with E-state index >= 15 is 0 Å². The number of carboxylic acids is 1. The maximum absolute atomic E-state index is 10.9. The number of para-hydroxylation sites is 1. The van der Waals surface area contributed by atoms with E-state index in [1.807, 2.05) is 30.3 Å². The molecule has 2 aromatic rings. The number of aromatic carboxylic acids is 1. The Bertz CT molecular complexity index is 538. The zero-order valence-electron chi connectivity index (χ0n) is 9.34. The molecule has 0 unspecified atom stereocenters. The van der Waals surface area contributed by atoms with Crippen LogP contribution in [-0.2, 0) is 0 Å². The van der Waals surface area contributed by atoms with Gasteiger partial charge in [-0.1, -0.05) is 24.3 Å². The highest BCUT2D eigenvalue weighted by Crippen LogP contribution is 2.16. The lowest BCUT2D eigenvalue weighted by atomic mass is 10.2. The van der Waals surface area contributed by atoms with Gasteiger partial charge in [0.15, 0.2) is 5.69 Å². The Balaban J connectivity index is 2.29. The van der Waals surface area contributed by atoms with E-state index in [2.05, 4.69) is 10.3 Å². The molecule has 1 aromatic heterocycles. The van der Waals surface area contributed by atoms with Gasteiger partial charge < -0.3 is 10.4 Å². The molecule has 2 rings (SSSR count). The standard InChI is InChI=1S/C13H12N2O2/c1-9-7-8-11(15-12(9)13(16)17)14-10-5-3-2-4-6-10/h2-8H,1H3,(H,14,15)(H,16,17). The van der Waals surface area contributed by atoms with Crippen molar-refractivity contribution >= 4 is 17.5 Å². The maximum Gasteiger partial charge on any atom is 0.354 e. The molecule has 1 aromatic carbocycles. The van der Waals surface area contributed by atoms with Crippen molar-refractivity contribution in [2.75, 3.05) is 5.32 Å². The molecule has 4 nitrogen and oxygen atoms in total. The minimum Gasteiger partial charge on any atom is -0.477 e. The molecule has 0 aliphatic heterocycles. The van der Waals surface area contributed by atoms with Crippen LogP contribution in [0.15, 0.2) is 42.5 Å². The minimum absolute atomic E-state index is 0.0749. The van der Waals surface area contributed by atoms with Crippen LogP contribution in [0.4, 0.5) is 11.5 Å². The molecular weight excluding hydrogens is 216 g/mol. The lowest BCUT2D eigenvalue weighted by Gasteiger charge is -2.07. The number of carboxylic acid groups (broad SMARTS) is 1. The van der Waals surface area contributed by atoms with Crippen molar-refractivity contribution in [2.45, 2.75) is 6.92 Å². The molecule has 2 N–H and O–H groups in total. The van der Waals surface area contributed by atoms with Gasteiger partial charge in [-0.2, -0.15) is 0 Å². The van der Waals surface area contributed by atoms with Crippen LogP contribution in [0.5, 0.6) is 0 Å². The third-order valence-corrected chi connectivity index (χ3v) is 2.35. The van der Waals surface area contributed by atoms with Crippen molar-refractivity contribution in [1.29, 1.82) is 0 Å². The second-order valence-electron chi connectivity index (χ2n) is 3.66. The number of nitrogens with one attached hydrogen (secondary N) is 1. The van der Waals surface area contributed by atoms with Crippen LogP contribution in [0, 0.1) is 6.92 Å². The van der Waals surface area contributed by atoms with Crippen LogP contribution in [0.3, 0.4) is 0 Å². The van der Waals surface area contributed by atoms with Crippen molar-refractivity contribution in [3.05, 3.63) is 53.7 Å². The zero-order chi connectivity index (χ0) is 12.3. The van der Waals surface area contributed by atoms with Gasteiger partial charge in [-0.05, 0) is 30.7 Å². The summed E-state index contributed by atoms with van der Waals surface area (Å²) in [7, 11) is 0. The molecule has 0 spiro atoms. The fraction of sp³-hybridized carbons (Fsp3) is 0.0769. The molecule has 0 fully saturated rings. The Kier molecular flexibility index (Phi) is 3.05. The number of hydrogen-bond acceptors (Lipinski definition) is 3. The van der Waals surface area contributed by atoms with Crippen LogP contribution in [0.1, 0.15) is 16.1 Å². The molecule has 1 heterocycles. The highest BCUT2D eigenvalue weighted by atomic mass is 16.4. The van der Waals surface area contributed by atoms with E-state index in [-0.39, 0.29) is 5.69 Å². The number of aryl methyl sites for hydroxylation is 1. The zero-order valence-corrected chi connectivity index (χ0v) is 9.34. The molecule has 0 aliphatic carbocycles. The summed E-state index contributed by atoms with van der Waals surface area (Å²) in [6, 6.07) is 13.0. The lowest BCUT2D eigenvalue weighted by molar-refractivity contribution is 0.0690. The van der Waals surface area contributed by atoms with Gasteiger partial charge in [0.25, 0.3) is 0 Å². The number of benzene rings is 1. The fourth-order valence-electron chi connectivity index (χ4n) is 1.48. The minimum atomic E-state index is -1.01.